The molecule has 2 heterocycles. The highest BCUT2D eigenvalue weighted by Crippen LogP contribution is 2.22. The van der Waals surface area contributed by atoms with Crippen LogP contribution in [0.2, 0.25) is 0 Å². The number of hydrogen-bond donors (Lipinski definition) is 2. The molecule has 0 atom stereocenters. The van der Waals surface area contributed by atoms with Gasteiger partial charge in [-0.25, -0.2) is 0 Å². The Morgan fingerprint density at radius 3 is 2.53 bits per heavy atom. The second kappa shape index (κ2) is 5.52. The standard InChI is InChI=1S/C13H21N5O/c1-13(6-8-14-9-7-13)15-11-5-4-10(16-17-11)12(19)18(2)3/h4-5,14H,6-9H2,1-3H3,(H,15,17). The van der Waals surface area contributed by atoms with Crippen molar-refractivity contribution in [2.45, 2.75) is 25.3 Å². The van der Waals surface area contributed by atoms with Gasteiger partial charge >= 0.3 is 0 Å². The molecule has 0 radical (unpaired) electrons. The molecule has 1 aromatic heterocycles. The Kier molecular flexibility index (Phi) is 3.99. The van der Waals surface area contributed by atoms with E-state index >= 15 is 0 Å². The fourth-order valence-corrected chi connectivity index (χ4v) is 2.15. The summed E-state index contributed by atoms with van der Waals surface area (Å²) >= 11 is 0. The van der Waals surface area contributed by atoms with Crippen LogP contribution in [0.5, 0.6) is 0 Å². The molecule has 104 valence electrons. The lowest BCUT2D eigenvalue weighted by molar-refractivity contribution is 0.0821. The highest BCUT2D eigenvalue weighted by atomic mass is 16.2. The molecule has 0 spiro atoms. The molecule has 0 unspecified atom stereocenters. The van der Waals surface area contributed by atoms with Crippen molar-refractivity contribution in [3.63, 3.8) is 0 Å². The third-order valence-corrected chi connectivity index (χ3v) is 3.43. The minimum atomic E-state index is -0.132. The Bertz CT molecular complexity index is 437. The second-order valence-electron chi connectivity index (χ2n) is 5.44. The maximum Gasteiger partial charge on any atom is 0.273 e. The molecule has 1 aliphatic rings. The van der Waals surface area contributed by atoms with Crippen LogP contribution in [0.1, 0.15) is 30.3 Å². The van der Waals surface area contributed by atoms with Gasteiger partial charge in [-0.1, -0.05) is 0 Å². The van der Waals surface area contributed by atoms with Gasteiger partial charge in [0.15, 0.2) is 5.69 Å². The zero-order chi connectivity index (χ0) is 13.9. The third kappa shape index (κ3) is 3.41. The first-order valence-electron chi connectivity index (χ1n) is 6.54. The van der Waals surface area contributed by atoms with Gasteiger partial charge in [0.25, 0.3) is 5.91 Å². The van der Waals surface area contributed by atoms with Crippen LogP contribution in [0.3, 0.4) is 0 Å². The number of aromatic nitrogens is 2. The van der Waals surface area contributed by atoms with Crippen molar-refractivity contribution in [2.75, 3.05) is 32.5 Å². The van der Waals surface area contributed by atoms with Gasteiger partial charge in [-0.15, -0.1) is 10.2 Å². The average Bonchev–Trinajstić information content (AvgIpc) is 2.39. The first-order chi connectivity index (χ1) is 9.00. The van der Waals surface area contributed by atoms with Crippen molar-refractivity contribution in [3.8, 4) is 0 Å². The Labute approximate surface area is 113 Å². The Hall–Kier alpha value is -1.69. The number of nitrogens with one attached hydrogen (secondary N) is 2. The average molecular weight is 263 g/mol. The van der Waals surface area contributed by atoms with Gasteiger partial charge in [0.1, 0.15) is 5.82 Å². The van der Waals surface area contributed by atoms with Gasteiger partial charge in [0.2, 0.25) is 0 Å². The number of hydrogen-bond acceptors (Lipinski definition) is 5. The number of nitrogens with zero attached hydrogens (tertiary/aromatic N) is 3. The SMILES string of the molecule is CN(C)C(=O)c1ccc(NC2(C)CCNCC2)nn1. The zero-order valence-electron chi connectivity index (χ0n) is 11.7. The number of amides is 1. The molecule has 0 saturated carbocycles. The number of carbonyl (C=O) groups excluding carboxylic acids is 1. The van der Waals surface area contributed by atoms with Crippen molar-refractivity contribution in [1.82, 2.24) is 20.4 Å². The van der Waals surface area contributed by atoms with Gasteiger partial charge in [0, 0.05) is 19.6 Å². The van der Waals surface area contributed by atoms with Crippen molar-refractivity contribution >= 4 is 11.7 Å². The van der Waals surface area contributed by atoms with E-state index in [0.717, 1.165) is 31.7 Å². The Morgan fingerprint density at radius 2 is 2.00 bits per heavy atom. The van der Waals surface area contributed by atoms with Gasteiger partial charge in [-0.2, -0.15) is 0 Å². The van der Waals surface area contributed by atoms with Crippen LogP contribution in [0.4, 0.5) is 5.82 Å². The van der Waals surface area contributed by atoms with E-state index in [4.69, 9.17) is 0 Å². The fraction of sp³-hybridized carbons (Fsp3) is 0.615. The van der Waals surface area contributed by atoms with Gasteiger partial charge in [-0.05, 0) is 45.0 Å². The molecule has 0 aromatic carbocycles. The summed E-state index contributed by atoms with van der Waals surface area (Å²) in [6.07, 6.45) is 2.10. The zero-order valence-corrected chi connectivity index (χ0v) is 11.7. The van der Waals surface area contributed by atoms with Crippen LogP contribution in [0.15, 0.2) is 12.1 Å². The first kappa shape index (κ1) is 13.7. The van der Waals surface area contributed by atoms with Crippen molar-refractivity contribution < 1.29 is 4.79 Å². The molecule has 2 N–H and O–H groups in total. The van der Waals surface area contributed by atoms with Crippen molar-refractivity contribution in [3.05, 3.63) is 17.8 Å². The minimum Gasteiger partial charge on any atom is -0.363 e. The summed E-state index contributed by atoms with van der Waals surface area (Å²) in [5, 5.41) is 14.8. The molecular formula is C13H21N5O. The first-order valence-corrected chi connectivity index (χ1v) is 6.54. The number of carbonyl (C=O) groups is 1. The lowest BCUT2D eigenvalue weighted by Gasteiger charge is -2.35. The molecule has 1 saturated heterocycles. The van der Waals surface area contributed by atoms with E-state index in [1.165, 1.54) is 4.90 Å². The fourth-order valence-electron chi connectivity index (χ4n) is 2.15. The highest BCUT2D eigenvalue weighted by Gasteiger charge is 2.26. The molecule has 1 aliphatic heterocycles. The largest absolute Gasteiger partial charge is 0.363 e. The van der Waals surface area contributed by atoms with Gasteiger partial charge in [-0.3, -0.25) is 4.79 Å². The normalized spacial score (nSPS) is 17.8. The van der Waals surface area contributed by atoms with E-state index in [9.17, 15) is 4.79 Å². The predicted octanol–water partition coefficient (Wildman–Crippen LogP) is 0.732. The van der Waals surface area contributed by atoms with E-state index < -0.39 is 0 Å². The summed E-state index contributed by atoms with van der Waals surface area (Å²) in [4.78, 5) is 13.2. The van der Waals surface area contributed by atoms with Gasteiger partial charge < -0.3 is 15.5 Å². The van der Waals surface area contributed by atoms with Crippen LogP contribution in [0.25, 0.3) is 0 Å². The number of rotatable bonds is 3. The molecule has 6 nitrogen and oxygen atoms in total. The molecule has 1 amide bonds. The van der Waals surface area contributed by atoms with Crippen LogP contribution in [-0.2, 0) is 0 Å². The van der Waals surface area contributed by atoms with E-state index in [2.05, 4.69) is 27.8 Å². The lowest BCUT2D eigenvalue weighted by Crippen LogP contribution is -2.45. The quantitative estimate of drug-likeness (QED) is 0.841. The molecule has 1 fully saturated rings. The van der Waals surface area contributed by atoms with Crippen molar-refractivity contribution in [1.29, 1.82) is 0 Å². The molecule has 1 aromatic rings. The smallest absolute Gasteiger partial charge is 0.273 e. The molecule has 6 heteroatoms. The predicted molar refractivity (Wildman–Crippen MR) is 74.2 cm³/mol. The summed E-state index contributed by atoms with van der Waals surface area (Å²) < 4.78 is 0. The summed E-state index contributed by atoms with van der Waals surface area (Å²) in [6, 6.07) is 3.53. The second-order valence-corrected chi connectivity index (χ2v) is 5.44. The van der Waals surface area contributed by atoms with E-state index in [1.54, 1.807) is 20.2 Å². The van der Waals surface area contributed by atoms with Crippen LogP contribution >= 0.6 is 0 Å². The molecule has 0 aliphatic carbocycles. The molecule has 0 bridgehead atoms. The Morgan fingerprint density at radius 1 is 1.32 bits per heavy atom. The van der Waals surface area contributed by atoms with Crippen LogP contribution in [-0.4, -0.2) is 53.7 Å². The van der Waals surface area contributed by atoms with Crippen molar-refractivity contribution in [2.24, 2.45) is 0 Å². The van der Waals surface area contributed by atoms with E-state index in [1.807, 2.05) is 6.07 Å². The molecule has 19 heavy (non-hydrogen) atoms. The maximum atomic E-state index is 11.7. The summed E-state index contributed by atoms with van der Waals surface area (Å²) in [6.45, 7) is 4.21. The lowest BCUT2D eigenvalue weighted by atomic mass is 9.91. The number of anilines is 1. The summed E-state index contributed by atoms with van der Waals surface area (Å²) in [5.41, 5.74) is 0.415. The summed E-state index contributed by atoms with van der Waals surface area (Å²) in [5.74, 6) is 0.590. The highest BCUT2D eigenvalue weighted by molar-refractivity contribution is 5.91. The minimum absolute atomic E-state index is 0.0486. The Balaban J connectivity index is 2.04. The van der Waals surface area contributed by atoms with Gasteiger partial charge in [0.05, 0.1) is 0 Å². The number of piperidine rings is 1. The van der Waals surface area contributed by atoms with Crippen LogP contribution in [0, 0.1) is 0 Å². The topological polar surface area (TPSA) is 70.2 Å². The molecular weight excluding hydrogens is 242 g/mol. The maximum absolute atomic E-state index is 11.7. The third-order valence-electron chi connectivity index (χ3n) is 3.43. The van der Waals surface area contributed by atoms with E-state index in [0.29, 0.717) is 5.69 Å². The van der Waals surface area contributed by atoms with Crippen LogP contribution < -0.4 is 10.6 Å². The summed E-state index contributed by atoms with van der Waals surface area (Å²) in [7, 11) is 3.40. The van der Waals surface area contributed by atoms with E-state index in [-0.39, 0.29) is 11.4 Å². The monoisotopic (exact) mass is 263 g/mol. The molecule has 2 rings (SSSR count).